The number of aliphatic hydroxyl groups excluding tert-OH is 1. The number of carbonyl (C=O) groups is 4. The van der Waals surface area contributed by atoms with Gasteiger partial charge in [-0.15, -0.1) is 0 Å². The molecule has 1 saturated heterocycles. The SMILES string of the molecule is C=C1C(=O)C23C[C@H]1C[C@@H](O)[C@H]2C1(CCC[C@@](C)(COC(C)=O)[C@H]1C=O)COC3=O. The molecule has 0 aromatic rings. The molecule has 2 unspecified atom stereocenters. The van der Waals surface area contributed by atoms with Gasteiger partial charge < -0.3 is 19.4 Å². The Labute approximate surface area is 169 Å². The van der Waals surface area contributed by atoms with Crippen LogP contribution in [-0.2, 0) is 28.7 Å². The molecule has 4 fully saturated rings. The Bertz CT molecular complexity index is 803. The summed E-state index contributed by atoms with van der Waals surface area (Å²) < 4.78 is 10.9. The van der Waals surface area contributed by atoms with E-state index in [2.05, 4.69) is 6.58 Å². The molecule has 3 aliphatic carbocycles. The van der Waals surface area contributed by atoms with Crippen LogP contribution < -0.4 is 0 Å². The highest BCUT2D eigenvalue weighted by molar-refractivity contribution is 6.15. The van der Waals surface area contributed by atoms with Crippen LogP contribution in [0.25, 0.3) is 0 Å². The van der Waals surface area contributed by atoms with Crippen molar-refractivity contribution in [3.05, 3.63) is 12.2 Å². The maximum atomic E-state index is 13.2. The number of esters is 2. The van der Waals surface area contributed by atoms with Crippen LogP contribution in [-0.4, -0.2) is 48.4 Å². The van der Waals surface area contributed by atoms with Gasteiger partial charge in [0, 0.05) is 29.6 Å². The molecule has 7 atom stereocenters. The molecule has 2 bridgehead atoms. The molecule has 4 rings (SSSR count). The van der Waals surface area contributed by atoms with E-state index in [1.54, 1.807) is 0 Å². The van der Waals surface area contributed by atoms with Gasteiger partial charge in [0.25, 0.3) is 0 Å². The first-order valence-corrected chi connectivity index (χ1v) is 10.3. The van der Waals surface area contributed by atoms with Crippen LogP contribution in [0.15, 0.2) is 12.2 Å². The molecule has 7 heteroatoms. The molecule has 4 aliphatic rings. The van der Waals surface area contributed by atoms with Crippen molar-refractivity contribution >= 4 is 24.0 Å². The zero-order valence-corrected chi connectivity index (χ0v) is 16.9. The van der Waals surface area contributed by atoms with E-state index in [9.17, 15) is 24.3 Å². The topological polar surface area (TPSA) is 107 Å². The van der Waals surface area contributed by atoms with Gasteiger partial charge >= 0.3 is 11.9 Å². The number of rotatable bonds is 3. The van der Waals surface area contributed by atoms with Gasteiger partial charge in [-0.05, 0) is 37.2 Å². The smallest absolute Gasteiger partial charge is 0.320 e. The number of aldehydes is 1. The molecule has 0 aromatic carbocycles. The first-order valence-electron chi connectivity index (χ1n) is 10.3. The van der Waals surface area contributed by atoms with Crippen molar-refractivity contribution in [1.29, 1.82) is 0 Å². The Morgan fingerprint density at radius 1 is 1.38 bits per heavy atom. The minimum absolute atomic E-state index is 0.0151. The second-order valence-corrected chi connectivity index (χ2v) is 9.72. The first-order chi connectivity index (χ1) is 13.6. The maximum Gasteiger partial charge on any atom is 0.320 e. The van der Waals surface area contributed by atoms with Crippen LogP contribution >= 0.6 is 0 Å². The Morgan fingerprint density at radius 3 is 2.76 bits per heavy atom. The fraction of sp³-hybridized carbons (Fsp3) is 0.727. The fourth-order valence-corrected chi connectivity index (χ4v) is 6.99. The number of fused-ring (bicyclic) bond motifs is 2. The predicted octanol–water partition coefficient (Wildman–Crippen LogP) is 1.61. The standard InChI is InChI=1S/C22H28O7/c1-12-14-7-15(25)17-21(11-29-19(27)22(17,8-14)18(12)26)6-4-5-20(3,16(21)9-23)10-28-13(2)24/h9,14-17,25H,1,4-8,10-11H2,2-3H3/t14-,15-,16-,17+,20+,21?,22?/m1/s1. The molecule has 0 radical (unpaired) electrons. The summed E-state index contributed by atoms with van der Waals surface area (Å²) in [4.78, 5) is 50.0. The van der Waals surface area contributed by atoms with Crippen molar-refractivity contribution in [2.75, 3.05) is 13.2 Å². The Hall–Kier alpha value is -2.02. The second-order valence-electron chi connectivity index (χ2n) is 9.72. The zero-order valence-electron chi connectivity index (χ0n) is 16.9. The molecule has 0 aromatic heterocycles. The number of hydrogen-bond acceptors (Lipinski definition) is 7. The molecular formula is C22H28O7. The van der Waals surface area contributed by atoms with E-state index in [-0.39, 0.29) is 24.9 Å². The Morgan fingerprint density at radius 2 is 2.10 bits per heavy atom. The van der Waals surface area contributed by atoms with Gasteiger partial charge in [-0.2, -0.15) is 0 Å². The van der Waals surface area contributed by atoms with Gasteiger partial charge in [-0.25, -0.2) is 0 Å². The zero-order chi connectivity index (χ0) is 21.2. The highest BCUT2D eigenvalue weighted by atomic mass is 16.5. The lowest BCUT2D eigenvalue weighted by Gasteiger charge is -2.61. The molecule has 1 aliphatic heterocycles. The van der Waals surface area contributed by atoms with E-state index in [1.807, 2.05) is 6.92 Å². The van der Waals surface area contributed by atoms with Gasteiger partial charge in [0.05, 0.1) is 19.3 Å². The number of hydrogen-bond donors (Lipinski definition) is 1. The van der Waals surface area contributed by atoms with Crippen molar-refractivity contribution in [3.8, 4) is 0 Å². The number of aliphatic hydroxyl groups is 1. The van der Waals surface area contributed by atoms with Crippen LogP contribution in [0.1, 0.15) is 46.0 Å². The maximum absolute atomic E-state index is 13.2. The average molecular weight is 404 g/mol. The molecule has 2 spiro atoms. The van der Waals surface area contributed by atoms with Gasteiger partial charge in [0.1, 0.15) is 11.7 Å². The van der Waals surface area contributed by atoms with Crippen molar-refractivity contribution in [2.24, 2.45) is 34.0 Å². The third-order valence-corrected chi connectivity index (χ3v) is 8.16. The third-order valence-electron chi connectivity index (χ3n) is 8.16. The highest BCUT2D eigenvalue weighted by Gasteiger charge is 2.74. The van der Waals surface area contributed by atoms with Crippen molar-refractivity contribution in [1.82, 2.24) is 0 Å². The van der Waals surface area contributed by atoms with Crippen LogP contribution in [0, 0.1) is 34.0 Å². The van der Waals surface area contributed by atoms with Crippen molar-refractivity contribution in [2.45, 2.75) is 52.1 Å². The molecule has 7 nitrogen and oxygen atoms in total. The molecular weight excluding hydrogens is 376 g/mol. The number of ether oxygens (including phenoxy) is 2. The largest absolute Gasteiger partial charge is 0.465 e. The minimum atomic E-state index is -1.46. The number of ketones is 1. The van der Waals surface area contributed by atoms with E-state index >= 15 is 0 Å². The molecule has 0 amide bonds. The van der Waals surface area contributed by atoms with Crippen LogP contribution in [0.2, 0.25) is 0 Å². The molecule has 1 N–H and O–H groups in total. The summed E-state index contributed by atoms with van der Waals surface area (Å²) in [6, 6.07) is 0. The van der Waals surface area contributed by atoms with E-state index in [1.165, 1.54) is 6.92 Å². The predicted molar refractivity (Wildman–Crippen MR) is 100 cm³/mol. The highest BCUT2D eigenvalue weighted by Crippen LogP contribution is 2.67. The summed E-state index contributed by atoms with van der Waals surface area (Å²) >= 11 is 0. The quantitative estimate of drug-likeness (QED) is 0.330. The van der Waals surface area contributed by atoms with Crippen LogP contribution in [0.4, 0.5) is 0 Å². The lowest BCUT2D eigenvalue weighted by Crippen LogP contribution is -2.67. The van der Waals surface area contributed by atoms with Crippen LogP contribution in [0.3, 0.4) is 0 Å². The van der Waals surface area contributed by atoms with E-state index in [0.29, 0.717) is 31.3 Å². The van der Waals surface area contributed by atoms with Gasteiger partial charge in [0.15, 0.2) is 5.78 Å². The summed E-state index contributed by atoms with van der Waals surface area (Å²) in [5.41, 5.74) is -2.61. The van der Waals surface area contributed by atoms with Gasteiger partial charge in [-0.1, -0.05) is 19.9 Å². The lowest BCUT2D eigenvalue weighted by atomic mass is 9.44. The Balaban J connectivity index is 1.83. The van der Waals surface area contributed by atoms with E-state index in [4.69, 9.17) is 9.47 Å². The first kappa shape index (κ1) is 20.3. The van der Waals surface area contributed by atoms with E-state index < -0.39 is 46.1 Å². The monoisotopic (exact) mass is 404 g/mol. The molecule has 3 saturated carbocycles. The molecule has 1 heterocycles. The second kappa shape index (κ2) is 6.49. The summed E-state index contributed by atoms with van der Waals surface area (Å²) in [6.07, 6.45) is 2.55. The van der Waals surface area contributed by atoms with E-state index in [0.717, 1.165) is 12.7 Å². The van der Waals surface area contributed by atoms with Gasteiger partial charge in [-0.3, -0.25) is 14.4 Å². The minimum Gasteiger partial charge on any atom is -0.465 e. The summed E-state index contributed by atoms with van der Waals surface area (Å²) in [5, 5.41) is 11.2. The molecule has 29 heavy (non-hydrogen) atoms. The summed E-state index contributed by atoms with van der Waals surface area (Å²) in [6.45, 7) is 7.16. The number of Topliss-reactive ketones (excluding diaryl/α,β-unsaturated/α-hetero) is 1. The number of cyclic esters (lactones) is 1. The molecule has 158 valence electrons. The number of allylic oxidation sites excluding steroid dienone is 1. The van der Waals surface area contributed by atoms with Gasteiger partial charge in [0.2, 0.25) is 0 Å². The summed E-state index contributed by atoms with van der Waals surface area (Å²) in [5.74, 6) is -2.92. The normalized spacial score (nSPS) is 46.2. The van der Waals surface area contributed by atoms with Crippen LogP contribution in [0.5, 0.6) is 0 Å². The van der Waals surface area contributed by atoms with Crippen molar-refractivity contribution in [3.63, 3.8) is 0 Å². The third kappa shape index (κ3) is 2.52. The number of carbonyl (C=O) groups excluding carboxylic acids is 4. The average Bonchev–Trinajstić information content (AvgIpc) is 2.86. The lowest BCUT2D eigenvalue weighted by molar-refractivity contribution is -0.229. The Kier molecular flexibility index (Phi) is 4.53. The fourth-order valence-electron chi connectivity index (χ4n) is 6.99. The van der Waals surface area contributed by atoms with Crippen molar-refractivity contribution < 1.29 is 33.8 Å². The summed E-state index contributed by atoms with van der Waals surface area (Å²) in [7, 11) is 0.